The SMILES string of the molecule is CC(O)CN(C1CCCCC1)S(=O)(=O)c1ccc(F)cc1. The maximum absolute atomic E-state index is 13.0. The van der Waals surface area contributed by atoms with Crippen LogP contribution in [0.2, 0.25) is 0 Å². The van der Waals surface area contributed by atoms with Crippen molar-refractivity contribution in [3.8, 4) is 0 Å². The number of halogens is 1. The van der Waals surface area contributed by atoms with Gasteiger partial charge in [-0.25, -0.2) is 12.8 Å². The Hall–Kier alpha value is -0.980. The fourth-order valence-corrected chi connectivity index (χ4v) is 4.58. The van der Waals surface area contributed by atoms with Crippen LogP contribution in [0, 0.1) is 5.82 Å². The predicted octanol–water partition coefficient (Wildman–Crippen LogP) is 2.53. The minimum atomic E-state index is -3.71. The molecule has 1 aromatic rings. The maximum Gasteiger partial charge on any atom is 0.243 e. The summed E-state index contributed by atoms with van der Waals surface area (Å²) >= 11 is 0. The van der Waals surface area contributed by atoms with Crippen LogP contribution >= 0.6 is 0 Å². The van der Waals surface area contributed by atoms with E-state index in [1.807, 2.05) is 0 Å². The summed E-state index contributed by atoms with van der Waals surface area (Å²) in [5.41, 5.74) is 0. The standard InChI is InChI=1S/C15H22FNO3S/c1-12(18)11-17(14-5-3-2-4-6-14)21(19,20)15-9-7-13(16)8-10-15/h7-10,12,14,18H,2-6,11H2,1H3. The summed E-state index contributed by atoms with van der Waals surface area (Å²) in [4.78, 5) is 0.0788. The zero-order valence-corrected chi connectivity index (χ0v) is 13.0. The molecule has 0 bridgehead atoms. The van der Waals surface area contributed by atoms with E-state index in [1.165, 1.54) is 16.4 Å². The molecule has 1 aliphatic carbocycles. The monoisotopic (exact) mass is 315 g/mol. The molecule has 0 radical (unpaired) electrons. The van der Waals surface area contributed by atoms with Gasteiger partial charge in [0.05, 0.1) is 11.0 Å². The normalized spacial score (nSPS) is 18.9. The summed E-state index contributed by atoms with van der Waals surface area (Å²) in [6.07, 6.45) is 4.01. The van der Waals surface area contributed by atoms with E-state index in [2.05, 4.69) is 0 Å². The van der Waals surface area contributed by atoms with Crippen LogP contribution in [0.3, 0.4) is 0 Å². The second-order valence-electron chi connectivity index (χ2n) is 5.67. The third-order valence-corrected chi connectivity index (χ3v) is 5.78. The van der Waals surface area contributed by atoms with Crippen molar-refractivity contribution >= 4 is 10.0 Å². The summed E-state index contributed by atoms with van der Waals surface area (Å²) < 4.78 is 39.9. The quantitative estimate of drug-likeness (QED) is 0.908. The molecule has 6 heteroatoms. The van der Waals surface area contributed by atoms with E-state index in [4.69, 9.17) is 0 Å². The molecule has 118 valence electrons. The van der Waals surface area contributed by atoms with E-state index in [0.29, 0.717) is 0 Å². The molecule has 2 rings (SSSR count). The Morgan fingerprint density at radius 2 is 1.81 bits per heavy atom. The molecule has 0 amide bonds. The molecule has 1 atom stereocenters. The number of benzene rings is 1. The second-order valence-corrected chi connectivity index (χ2v) is 7.56. The lowest BCUT2D eigenvalue weighted by molar-refractivity contribution is 0.136. The van der Waals surface area contributed by atoms with Crippen molar-refractivity contribution in [1.29, 1.82) is 0 Å². The Morgan fingerprint density at radius 3 is 2.33 bits per heavy atom. The van der Waals surface area contributed by atoms with Crippen LogP contribution in [0.15, 0.2) is 29.2 Å². The third-order valence-electron chi connectivity index (χ3n) is 3.85. The summed E-state index contributed by atoms with van der Waals surface area (Å²) in [7, 11) is -3.71. The predicted molar refractivity (Wildman–Crippen MR) is 78.8 cm³/mol. The van der Waals surface area contributed by atoms with E-state index in [1.54, 1.807) is 6.92 Å². The molecule has 1 aromatic carbocycles. The van der Waals surface area contributed by atoms with Crippen LogP contribution in [0.4, 0.5) is 4.39 Å². The van der Waals surface area contributed by atoms with Gasteiger partial charge in [0.15, 0.2) is 0 Å². The number of aliphatic hydroxyl groups is 1. The minimum Gasteiger partial charge on any atom is -0.392 e. The van der Waals surface area contributed by atoms with Crippen molar-refractivity contribution in [3.05, 3.63) is 30.1 Å². The summed E-state index contributed by atoms with van der Waals surface area (Å²) in [6, 6.07) is 4.77. The molecule has 21 heavy (non-hydrogen) atoms. The average molecular weight is 315 g/mol. The first-order valence-electron chi connectivity index (χ1n) is 7.37. The van der Waals surface area contributed by atoms with E-state index >= 15 is 0 Å². The Morgan fingerprint density at radius 1 is 1.24 bits per heavy atom. The van der Waals surface area contributed by atoms with Crippen LogP contribution in [0.5, 0.6) is 0 Å². The first-order valence-corrected chi connectivity index (χ1v) is 8.81. The van der Waals surface area contributed by atoms with Crippen molar-refractivity contribution in [2.75, 3.05) is 6.54 Å². The lowest BCUT2D eigenvalue weighted by Gasteiger charge is -2.34. The van der Waals surface area contributed by atoms with E-state index in [9.17, 15) is 17.9 Å². The third kappa shape index (κ3) is 4.02. The Bertz CT molecular complexity index is 551. The van der Waals surface area contributed by atoms with Gasteiger partial charge in [-0.05, 0) is 44.0 Å². The van der Waals surface area contributed by atoms with Crippen LogP contribution in [0.25, 0.3) is 0 Å². The number of aliphatic hydroxyl groups excluding tert-OH is 1. The Balaban J connectivity index is 2.31. The van der Waals surface area contributed by atoms with Gasteiger partial charge < -0.3 is 5.11 Å². The van der Waals surface area contributed by atoms with Gasteiger partial charge in [-0.15, -0.1) is 0 Å². The Labute approximate surface area is 125 Å². The molecule has 1 unspecified atom stereocenters. The second kappa shape index (κ2) is 6.85. The highest BCUT2D eigenvalue weighted by Crippen LogP contribution is 2.28. The number of hydrogen-bond acceptors (Lipinski definition) is 3. The minimum absolute atomic E-state index is 0.0738. The molecule has 4 nitrogen and oxygen atoms in total. The van der Waals surface area contributed by atoms with Gasteiger partial charge in [0.2, 0.25) is 10.0 Å². The van der Waals surface area contributed by atoms with Crippen molar-refractivity contribution in [2.45, 2.75) is 56.1 Å². The molecule has 1 fully saturated rings. The number of sulfonamides is 1. The highest BCUT2D eigenvalue weighted by molar-refractivity contribution is 7.89. The number of hydrogen-bond donors (Lipinski definition) is 1. The van der Waals surface area contributed by atoms with Crippen LogP contribution < -0.4 is 0 Å². The van der Waals surface area contributed by atoms with E-state index in [-0.39, 0.29) is 17.5 Å². The van der Waals surface area contributed by atoms with Gasteiger partial charge in [-0.2, -0.15) is 4.31 Å². The molecule has 0 aromatic heterocycles. The highest BCUT2D eigenvalue weighted by Gasteiger charge is 2.33. The number of nitrogens with zero attached hydrogens (tertiary/aromatic N) is 1. The smallest absolute Gasteiger partial charge is 0.243 e. The van der Waals surface area contributed by atoms with E-state index in [0.717, 1.165) is 44.2 Å². The van der Waals surface area contributed by atoms with Crippen LogP contribution in [-0.2, 0) is 10.0 Å². The summed E-state index contributed by atoms with van der Waals surface area (Å²) in [5.74, 6) is -0.464. The van der Waals surface area contributed by atoms with E-state index < -0.39 is 21.9 Å². The zero-order valence-electron chi connectivity index (χ0n) is 12.2. The largest absolute Gasteiger partial charge is 0.392 e. The fraction of sp³-hybridized carbons (Fsp3) is 0.600. The fourth-order valence-electron chi connectivity index (χ4n) is 2.81. The van der Waals surface area contributed by atoms with Gasteiger partial charge in [0, 0.05) is 12.6 Å². The lowest BCUT2D eigenvalue weighted by atomic mass is 9.95. The van der Waals surface area contributed by atoms with Gasteiger partial charge in [-0.3, -0.25) is 0 Å². The topological polar surface area (TPSA) is 57.6 Å². The van der Waals surface area contributed by atoms with Gasteiger partial charge >= 0.3 is 0 Å². The summed E-state index contributed by atoms with van der Waals surface area (Å²) in [5, 5.41) is 9.64. The zero-order chi connectivity index (χ0) is 15.5. The maximum atomic E-state index is 13.0. The highest BCUT2D eigenvalue weighted by atomic mass is 32.2. The average Bonchev–Trinajstić information content (AvgIpc) is 2.46. The van der Waals surface area contributed by atoms with Gasteiger partial charge in [0.25, 0.3) is 0 Å². The van der Waals surface area contributed by atoms with Gasteiger partial charge in [-0.1, -0.05) is 19.3 Å². The number of rotatable bonds is 5. The van der Waals surface area contributed by atoms with Crippen molar-refractivity contribution in [1.82, 2.24) is 4.31 Å². The van der Waals surface area contributed by atoms with Crippen molar-refractivity contribution < 1.29 is 17.9 Å². The first kappa shape index (κ1) is 16.4. The molecule has 1 aliphatic rings. The first-order chi connectivity index (χ1) is 9.91. The van der Waals surface area contributed by atoms with Crippen LogP contribution in [0.1, 0.15) is 39.0 Å². The molecule has 0 heterocycles. The Kier molecular flexibility index (Phi) is 5.35. The van der Waals surface area contributed by atoms with Crippen molar-refractivity contribution in [3.63, 3.8) is 0 Å². The molecule has 1 saturated carbocycles. The summed E-state index contributed by atoms with van der Waals surface area (Å²) in [6.45, 7) is 1.65. The molecule has 0 aliphatic heterocycles. The lowest BCUT2D eigenvalue weighted by Crippen LogP contribution is -2.44. The van der Waals surface area contributed by atoms with Crippen LogP contribution in [-0.4, -0.2) is 36.5 Å². The van der Waals surface area contributed by atoms with Gasteiger partial charge in [0.1, 0.15) is 5.82 Å². The molecule has 0 saturated heterocycles. The molecule has 1 N–H and O–H groups in total. The molecular weight excluding hydrogens is 293 g/mol. The van der Waals surface area contributed by atoms with Crippen molar-refractivity contribution in [2.24, 2.45) is 0 Å². The molecular formula is C15H22FNO3S. The molecule has 0 spiro atoms.